The number of ether oxygens (including phenoxy) is 1. The van der Waals surface area contributed by atoms with Gasteiger partial charge in [0.05, 0.1) is 5.75 Å². The smallest absolute Gasteiger partial charge is 0.230 e. The molecule has 168 valence electrons. The second kappa shape index (κ2) is 10.7. The van der Waals surface area contributed by atoms with E-state index in [9.17, 15) is 4.79 Å². The summed E-state index contributed by atoms with van der Waals surface area (Å²) in [5.41, 5.74) is 5.36. The Bertz CT molecular complexity index is 1070. The zero-order chi connectivity index (χ0) is 22.3. The predicted octanol–water partition coefficient (Wildman–Crippen LogP) is 4.03. The number of carbonyl (C=O) groups excluding carboxylic acids is 1. The molecule has 0 saturated carbocycles. The van der Waals surface area contributed by atoms with Crippen molar-refractivity contribution < 1.29 is 9.53 Å². The van der Waals surface area contributed by atoms with Crippen LogP contribution in [0, 0.1) is 6.92 Å². The lowest BCUT2D eigenvalue weighted by Gasteiger charge is -2.20. The number of carbonyl (C=O) groups is 1. The molecule has 6 nitrogen and oxygen atoms in total. The Hall–Kier alpha value is -2.80. The van der Waals surface area contributed by atoms with Gasteiger partial charge in [-0.2, -0.15) is 0 Å². The molecule has 0 aliphatic heterocycles. The van der Waals surface area contributed by atoms with Gasteiger partial charge in [0, 0.05) is 13.6 Å². The van der Waals surface area contributed by atoms with Gasteiger partial charge in [0.25, 0.3) is 0 Å². The molecule has 2 aromatic carbocycles. The highest BCUT2D eigenvalue weighted by Gasteiger charge is 2.16. The molecule has 7 heteroatoms. The van der Waals surface area contributed by atoms with Crippen molar-refractivity contribution >= 4 is 17.7 Å². The van der Waals surface area contributed by atoms with E-state index in [0.717, 1.165) is 24.4 Å². The molecular weight excluding hydrogens is 420 g/mol. The van der Waals surface area contributed by atoms with Crippen molar-refractivity contribution in [3.05, 3.63) is 70.5 Å². The van der Waals surface area contributed by atoms with Crippen LogP contribution in [0.3, 0.4) is 0 Å². The highest BCUT2D eigenvalue weighted by atomic mass is 32.2. The van der Waals surface area contributed by atoms with Gasteiger partial charge in [-0.25, -0.2) is 0 Å². The Morgan fingerprint density at radius 1 is 1.12 bits per heavy atom. The highest BCUT2D eigenvalue weighted by molar-refractivity contribution is 7.99. The summed E-state index contributed by atoms with van der Waals surface area (Å²) in [6.07, 6.45) is 5.65. The van der Waals surface area contributed by atoms with Crippen LogP contribution >= 0.6 is 11.8 Å². The van der Waals surface area contributed by atoms with E-state index < -0.39 is 0 Å². The fraction of sp³-hybridized carbons (Fsp3) is 0.400. The Morgan fingerprint density at radius 2 is 1.94 bits per heavy atom. The van der Waals surface area contributed by atoms with Gasteiger partial charge < -0.3 is 14.6 Å². The minimum atomic E-state index is -0.00332. The van der Waals surface area contributed by atoms with Gasteiger partial charge in [0.15, 0.2) is 11.0 Å². The lowest BCUT2D eigenvalue weighted by atomic mass is 9.88. The monoisotopic (exact) mass is 450 g/mol. The molecule has 0 unspecified atom stereocenters. The Morgan fingerprint density at radius 3 is 2.78 bits per heavy atom. The number of benzene rings is 2. The Labute approximate surface area is 193 Å². The molecule has 0 radical (unpaired) electrons. The van der Waals surface area contributed by atoms with E-state index in [1.165, 1.54) is 53.3 Å². The van der Waals surface area contributed by atoms with Crippen LogP contribution in [0.1, 0.15) is 40.9 Å². The van der Waals surface area contributed by atoms with Gasteiger partial charge in [-0.05, 0) is 67.3 Å². The van der Waals surface area contributed by atoms with Crippen molar-refractivity contribution in [2.45, 2.75) is 50.8 Å². The quantitative estimate of drug-likeness (QED) is 0.499. The minimum absolute atomic E-state index is 0.00332. The number of rotatable bonds is 9. The molecule has 0 saturated heterocycles. The van der Waals surface area contributed by atoms with Crippen LogP contribution in [0.25, 0.3) is 0 Å². The van der Waals surface area contributed by atoms with Gasteiger partial charge in [-0.3, -0.25) is 4.79 Å². The number of fused-ring (bicyclic) bond motifs is 1. The zero-order valence-electron chi connectivity index (χ0n) is 18.8. The van der Waals surface area contributed by atoms with Gasteiger partial charge >= 0.3 is 0 Å². The maximum atomic E-state index is 12.2. The average Bonchev–Trinajstić information content (AvgIpc) is 3.17. The van der Waals surface area contributed by atoms with E-state index in [1.54, 1.807) is 0 Å². The number of aromatic nitrogens is 3. The number of nitrogens with one attached hydrogen (secondary N) is 1. The number of aryl methyl sites for hydroxylation is 1. The normalized spacial score (nSPS) is 12.9. The van der Waals surface area contributed by atoms with Crippen LogP contribution in [0.4, 0.5) is 0 Å². The van der Waals surface area contributed by atoms with Gasteiger partial charge in [0.2, 0.25) is 5.91 Å². The molecular formula is C25H30N4O2S. The van der Waals surface area contributed by atoms with Crippen molar-refractivity contribution in [3.63, 3.8) is 0 Å². The second-order valence-corrected chi connectivity index (χ2v) is 9.10. The van der Waals surface area contributed by atoms with E-state index in [4.69, 9.17) is 4.74 Å². The lowest BCUT2D eigenvalue weighted by Crippen LogP contribution is -2.27. The molecule has 0 atom stereocenters. The fourth-order valence-electron chi connectivity index (χ4n) is 4.06. The zero-order valence-corrected chi connectivity index (χ0v) is 19.6. The van der Waals surface area contributed by atoms with Crippen molar-refractivity contribution in [2.24, 2.45) is 7.05 Å². The summed E-state index contributed by atoms with van der Waals surface area (Å²) < 4.78 is 7.99. The minimum Gasteiger partial charge on any atom is -0.485 e. The van der Waals surface area contributed by atoms with Crippen LogP contribution < -0.4 is 10.1 Å². The topological polar surface area (TPSA) is 69.0 Å². The predicted molar refractivity (Wildman–Crippen MR) is 127 cm³/mol. The molecule has 0 bridgehead atoms. The van der Waals surface area contributed by atoms with Crippen LogP contribution in [0.5, 0.6) is 5.75 Å². The summed E-state index contributed by atoms with van der Waals surface area (Å²) >= 11 is 1.39. The molecule has 1 N–H and O–H groups in total. The van der Waals surface area contributed by atoms with Crippen molar-refractivity contribution in [1.82, 2.24) is 20.1 Å². The van der Waals surface area contributed by atoms with Crippen LogP contribution in [-0.4, -0.2) is 33.0 Å². The number of nitrogens with zero attached hydrogens (tertiary/aromatic N) is 3. The van der Waals surface area contributed by atoms with E-state index >= 15 is 0 Å². The summed E-state index contributed by atoms with van der Waals surface area (Å²) in [7, 11) is 1.91. The van der Waals surface area contributed by atoms with Crippen molar-refractivity contribution in [2.75, 3.05) is 12.3 Å². The Balaban J connectivity index is 1.26. The molecule has 4 rings (SSSR count). The number of thioether (sulfide) groups is 1. The maximum Gasteiger partial charge on any atom is 0.230 e. The van der Waals surface area contributed by atoms with Gasteiger partial charge in [-0.15, -0.1) is 10.2 Å². The van der Waals surface area contributed by atoms with Crippen LogP contribution in [0.15, 0.2) is 47.6 Å². The average molecular weight is 451 g/mol. The number of hydrogen-bond donors (Lipinski definition) is 1. The molecule has 3 aromatic rings. The third-order valence-electron chi connectivity index (χ3n) is 5.96. The lowest BCUT2D eigenvalue weighted by molar-refractivity contribution is -0.118. The van der Waals surface area contributed by atoms with E-state index in [1.807, 2.05) is 29.8 Å². The third kappa shape index (κ3) is 5.51. The van der Waals surface area contributed by atoms with Gasteiger partial charge in [-0.1, -0.05) is 48.2 Å². The van der Waals surface area contributed by atoms with Crippen LogP contribution in [-0.2, 0) is 37.7 Å². The van der Waals surface area contributed by atoms with E-state index in [2.05, 4.69) is 46.7 Å². The molecule has 1 aliphatic carbocycles. The molecule has 0 fully saturated rings. The van der Waals surface area contributed by atoms with E-state index in [0.29, 0.717) is 24.1 Å². The largest absolute Gasteiger partial charge is 0.485 e. The summed E-state index contributed by atoms with van der Waals surface area (Å²) in [5.74, 6) is 1.97. The molecule has 1 aromatic heterocycles. The standard InChI is InChI=1S/C25H30N4O2S/c1-18-21-11-7-6-10-20(21)12-13-22(18)31-16-23-27-28-25(29(23)2)32-17-24(30)26-15-14-19-8-4-3-5-9-19/h3-5,8-9,12-13H,6-7,10-11,14-17H2,1-2H3,(H,26,30). The van der Waals surface area contributed by atoms with Crippen molar-refractivity contribution in [1.29, 1.82) is 0 Å². The summed E-state index contributed by atoms with van der Waals surface area (Å²) in [5, 5.41) is 12.2. The number of hydrogen-bond acceptors (Lipinski definition) is 5. The summed E-state index contributed by atoms with van der Waals surface area (Å²) in [6, 6.07) is 14.4. The SMILES string of the molecule is Cc1c(OCc2nnc(SCC(=O)NCCc3ccccc3)n2C)ccc2c1CCCC2. The van der Waals surface area contributed by atoms with E-state index in [-0.39, 0.29) is 5.91 Å². The first-order chi connectivity index (χ1) is 15.6. The maximum absolute atomic E-state index is 12.2. The Kier molecular flexibility index (Phi) is 7.47. The third-order valence-corrected chi connectivity index (χ3v) is 6.98. The molecule has 1 amide bonds. The molecule has 32 heavy (non-hydrogen) atoms. The first kappa shape index (κ1) is 22.4. The molecule has 0 spiro atoms. The summed E-state index contributed by atoms with van der Waals surface area (Å²) in [4.78, 5) is 12.2. The second-order valence-electron chi connectivity index (χ2n) is 8.15. The highest BCUT2D eigenvalue weighted by Crippen LogP contribution is 2.31. The van der Waals surface area contributed by atoms with Crippen LogP contribution in [0.2, 0.25) is 0 Å². The fourth-order valence-corrected chi connectivity index (χ4v) is 4.82. The molecule has 1 heterocycles. The first-order valence-corrected chi connectivity index (χ1v) is 12.2. The summed E-state index contributed by atoms with van der Waals surface area (Å²) in [6.45, 7) is 3.13. The number of amides is 1. The first-order valence-electron chi connectivity index (χ1n) is 11.2. The van der Waals surface area contributed by atoms with Gasteiger partial charge in [0.1, 0.15) is 12.4 Å². The van der Waals surface area contributed by atoms with Crippen molar-refractivity contribution in [3.8, 4) is 5.75 Å². The molecule has 1 aliphatic rings.